The molecule has 0 saturated carbocycles. The Balaban J connectivity index is 2.14. The minimum Gasteiger partial charge on any atom is -0.464 e. The third-order valence-corrected chi connectivity index (χ3v) is 2.75. The summed E-state index contributed by atoms with van der Waals surface area (Å²) in [6.07, 6.45) is 1.56. The highest BCUT2D eigenvalue weighted by atomic mass is 16.5. The Labute approximate surface area is 117 Å². The molecule has 1 unspecified atom stereocenters. The van der Waals surface area contributed by atoms with E-state index in [1.807, 2.05) is 19.1 Å². The fourth-order valence-electron chi connectivity index (χ4n) is 1.82. The Hall–Kier alpha value is -2.21. The summed E-state index contributed by atoms with van der Waals surface area (Å²) in [5.74, 6) is 1.71. The molecule has 0 aliphatic rings. The summed E-state index contributed by atoms with van der Waals surface area (Å²) in [6.45, 7) is 3.91. The lowest BCUT2D eigenvalue weighted by atomic mass is 10.2. The molecule has 1 amide bonds. The average molecular weight is 275 g/mol. The topological polar surface area (TPSA) is 77.2 Å². The highest BCUT2D eigenvalue weighted by Crippen LogP contribution is 2.17. The van der Waals surface area contributed by atoms with Crippen molar-refractivity contribution in [3.8, 4) is 0 Å². The Morgan fingerprint density at radius 3 is 2.80 bits per heavy atom. The Bertz CT molecular complexity index is 595. The van der Waals surface area contributed by atoms with Crippen molar-refractivity contribution in [2.75, 3.05) is 13.7 Å². The van der Waals surface area contributed by atoms with E-state index in [9.17, 15) is 4.79 Å². The zero-order chi connectivity index (χ0) is 14.5. The molecule has 6 nitrogen and oxygen atoms in total. The van der Waals surface area contributed by atoms with Crippen molar-refractivity contribution in [2.45, 2.75) is 19.9 Å². The number of carbonyl (C=O) groups excluding carboxylic acids is 1. The molecule has 0 aliphatic heterocycles. The van der Waals surface area contributed by atoms with Crippen molar-refractivity contribution in [3.05, 3.63) is 47.4 Å². The Morgan fingerprint density at radius 2 is 2.20 bits per heavy atom. The maximum atomic E-state index is 12.2. The van der Waals surface area contributed by atoms with Gasteiger partial charge in [0.1, 0.15) is 29.1 Å². The number of ether oxygens (including phenoxy) is 1. The van der Waals surface area contributed by atoms with Crippen LogP contribution in [0.25, 0.3) is 0 Å². The molecule has 1 N–H and O–H groups in total. The van der Waals surface area contributed by atoms with Crippen LogP contribution in [0.3, 0.4) is 0 Å². The van der Waals surface area contributed by atoms with Gasteiger partial charge in [-0.15, -0.1) is 0 Å². The second-order valence-electron chi connectivity index (χ2n) is 4.42. The maximum Gasteiger partial charge on any atom is 0.270 e. The molecule has 106 valence electrons. The molecule has 2 heterocycles. The predicted molar refractivity (Wildman–Crippen MR) is 72.3 cm³/mol. The predicted octanol–water partition coefficient (Wildman–Crippen LogP) is 1.80. The second-order valence-corrected chi connectivity index (χ2v) is 4.42. The van der Waals surface area contributed by atoms with Crippen LogP contribution in [0.4, 0.5) is 0 Å². The Morgan fingerprint density at radius 1 is 1.40 bits per heavy atom. The fourth-order valence-corrected chi connectivity index (χ4v) is 1.82. The van der Waals surface area contributed by atoms with E-state index in [-0.39, 0.29) is 11.9 Å². The maximum absolute atomic E-state index is 12.2. The number of nitrogens with zero attached hydrogens (tertiary/aromatic N) is 2. The lowest BCUT2D eigenvalue weighted by Gasteiger charge is -2.15. The average Bonchev–Trinajstić information content (AvgIpc) is 2.85. The van der Waals surface area contributed by atoms with E-state index in [1.54, 1.807) is 26.3 Å². The summed E-state index contributed by atoms with van der Waals surface area (Å²) in [7, 11) is 1.57. The molecule has 0 radical (unpaired) electrons. The van der Waals surface area contributed by atoms with E-state index < -0.39 is 0 Å². The first-order valence-corrected chi connectivity index (χ1v) is 6.26. The van der Waals surface area contributed by atoms with Gasteiger partial charge in [-0.1, -0.05) is 0 Å². The molecule has 6 heteroatoms. The van der Waals surface area contributed by atoms with E-state index >= 15 is 0 Å². The van der Waals surface area contributed by atoms with Gasteiger partial charge in [0.15, 0.2) is 0 Å². The van der Waals surface area contributed by atoms with Crippen LogP contribution in [0.1, 0.15) is 33.9 Å². The standard InChI is InChI=1S/C14H17N3O3/c1-9-4-5-13(20-9)12(8-19-3)17-14(18)11-6-7-15-10(2)16-11/h4-7,12H,8H2,1-3H3,(H,17,18). The second kappa shape index (κ2) is 6.29. The molecule has 0 spiro atoms. The normalized spacial score (nSPS) is 12.2. The summed E-state index contributed by atoms with van der Waals surface area (Å²) in [4.78, 5) is 20.2. The van der Waals surface area contributed by atoms with E-state index in [1.165, 1.54) is 0 Å². The molecule has 2 aromatic heterocycles. The van der Waals surface area contributed by atoms with Crippen molar-refractivity contribution >= 4 is 5.91 Å². The van der Waals surface area contributed by atoms with E-state index in [2.05, 4.69) is 15.3 Å². The van der Waals surface area contributed by atoms with Crippen molar-refractivity contribution in [1.82, 2.24) is 15.3 Å². The third-order valence-electron chi connectivity index (χ3n) is 2.75. The largest absolute Gasteiger partial charge is 0.464 e. The SMILES string of the molecule is COCC(NC(=O)c1ccnc(C)n1)c1ccc(C)o1. The van der Waals surface area contributed by atoms with E-state index in [4.69, 9.17) is 9.15 Å². The highest BCUT2D eigenvalue weighted by molar-refractivity contribution is 5.92. The molecular weight excluding hydrogens is 258 g/mol. The van der Waals surface area contributed by atoms with Gasteiger partial charge in [0.2, 0.25) is 0 Å². The number of rotatable bonds is 5. The summed E-state index contributed by atoms with van der Waals surface area (Å²) >= 11 is 0. The molecular formula is C14H17N3O3. The number of carbonyl (C=O) groups is 1. The van der Waals surface area contributed by atoms with Crippen LogP contribution in [-0.2, 0) is 4.74 Å². The van der Waals surface area contributed by atoms with Crippen LogP contribution in [0.5, 0.6) is 0 Å². The number of furan rings is 1. The van der Waals surface area contributed by atoms with Gasteiger partial charge in [-0.05, 0) is 32.0 Å². The van der Waals surface area contributed by atoms with Crippen molar-refractivity contribution < 1.29 is 13.9 Å². The fraction of sp³-hybridized carbons (Fsp3) is 0.357. The highest BCUT2D eigenvalue weighted by Gasteiger charge is 2.19. The van der Waals surface area contributed by atoms with Crippen LogP contribution in [0.15, 0.2) is 28.8 Å². The molecule has 0 fully saturated rings. The number of aryl methyl sites for hydroxylation is 2. The first-order valence-electron chi connectivity index (χ1n) is 6.26. The minimum absolute atomic E-state index is 0.286. The Kier molecular flexibility index (Phi) is 4.47. The number of hydrogen-bond donors (Lipinski definition) is 1. The summed E-state index contributed by atoms with van der Waals surface area (Å²) in [5, 5.41) is 2.84. The zero-order valence-electron chi connectivity index (χ0n) is 11.7. The first kappa shape index (κ1) is 14.2. The van der Waals surface area contributed by atoms with Gasteiger partial charge in [-0.25, -0.2) is 9.97 Å². The molecule has 0 aliphatic carbocycles. The number of nitrogens with one attached hydrogen (secondary N) is 1. The smallest absolute Gasteiger partial charge is 0.270 e. The van der Waals surface area contributed by atoms with Gasteiger partial charge < -0.3 is 14.5 Å². The lowest BCUT2D eigenvalue weighted by molar-refractivity contribution is 0.0877. The number of hydrogen-bond acceptors (Lipinski definition) is 5. The van der Waals surface area contributed by atoms with Crippen LogP contribution >= 0.6 is 0 Å². The molecule has 0 aromatic carbocycles. The van der Waals surface area contributed by atoms with Crippen LogP contribution in [0.2, 0.25) is 0 Å². The van der Waals surface area contributed by atoms with Crippen molar-refractivity contribution in [3.63, 3.8) is 0 Å². The van der Waals surface area contributed by atoms with Gasteiger partial charge in [-0.3, -0.25) is 4.79 Å². The van der Waals surface area contributed by atoms with E-state index in [0.29, 0.717) is 23.9 Å². The quantitative estimate of drug-likeness (QED) is 0.900. The molecule has 1 atom stereocenters. The molecule has 2 aromatic rings. The van der Waals surface area contributed by atoms with Crippen molar-refractivity contribution in [2.24, 2.45) is 0 Å². The van der Waals surface area contributed by atoms with Gasteiger partial charge in [0.05, 0.1) is 6.61 Å². The zero-order valence-corrected chi connectivity index (χ0v) is 11.7. The first-order chi connectivity index (χ1) is 9.60. The molecule has 0 saturated heterocycles. The van der Waals surface area contributed by atoms with Gasteiger partial charge in [0, 0.05) is 13.3 Å². The molecule has 20 heavy (non-hydrogen) atoms. The monoisotopic (exact) mass is 275 g/mol. The van der Waals surface area contributed by atoms with Crippen LogP contribution in [-0.4, -0.2) is 29.6 Å². The lowest BCUT2D eigenvalue weighted by Crippen LogP contribution is -2.31. The third kappa shape index (κ3) is 3.42. The van der Waals surface area contributed by atoms with Crippen LogP contribution in [0, 0.1) is 13.8 Å². The summed E-state index contributed by atoms with van der Waals surface area (Å²) < 4.78 is 10.7. The number of aromatic nitrogens is 2. The van der Waals surface area contributed by atoms with Crippen molar-refractivity contribution in [1.29, 1.82) is 0 Å². The van der Waals surface area contributed by atoms with Gasteiger partial charge in [-0.2, -0.15) is 0 Å². The minimum atomic E-state index is -0.350. The summed E-state index contributed by atoms with van der Waals surface area (Å²) in [6, 6.07) is 4.89. The van der Waals surface area contributed by atoms with Crippen LogP contribution < -0.4 is 5.32 Å². The van der Waals surface area contributed by atoms with Gasteiger partial charge in [0.25, 0.3) is 5.91 Å². The molecule has 0 bridgehead atoms. The van der Waals surface area contributed by atoms with E-state index in [0.717, 1.165) is 5.76 Å². The summed E-state index contributed by atoms with van der Waals surface area (Å²) in [5.41, 5.74) is 0.321. The number of methoxy groups -OCH3 is 1. The molecule has 2 rings (SSSR count). The number of amides is 1. The van der Waals surface area contributed by atoms with Gasteiger partial charge >= 0.3 is 0 Å².